The predicted molar refractivity (Wildman–Crippen MR) is 182 cm³/mol. The highest BCUT2D eigenvalue weighted by Gasteiger charge is 2.26. The number of aromatic nitrogens is 2. The third-order valence-electron chi connectivity index (χ3n) is 7.72. The molecular weight excluding hydrogens is 538 g/mol. The summed E-state index contributed by atoms with van der Waals surface area (Å²) in [6.07, 6.45) is 6.08. The molecule has 5 aromatic carbocycles. The molecule has 0 saturated heterocycles. The molecule has 0 N–H and O–H groups in total. The van der Waals surface area contributed by atoms with Crippen LogP contribution in [0.4, 0.5) is 17.1 Å². The molecule has 4 nitrogen and oxygen atoms in total. The number of fused-ring (bicyclic) bond motifs is 2. The summed E-state index contributed by atoms with van der Waals surface area (Å²) in [7, 11) is 0. The smallest absolute Gasteiger partial charge is 0.156 e. The fourth-order valence-corrected chi connectivity index (χ4v) is 5.49. The van der Waals surface area contributed by atoms with E-state index in [1.165, 1.54) is 0 Å². The summed E-state index contributed by atoms with van der Waals surface area (Å²) in [6.45, 7) is 4.06. The van der Waals surface area contributed by atoms with Crippen LogP contribution in [0.5, 0.6) is 11.5 Å². The minimum atomic E-state index is 0.715. The molecule has 0 unspecified atom stereocenters. The van der Waals surface area contributed by atoms with E-state index in [-0.39, 0.29) is 0 Å². The standard InChI is InChI=1S/C40H31N3O/c1-3-4-14-28(2)40-41-34(29-15-7-5-8-16-29)27-35(42-40)32-18-13-17-30(25-32)31-23-24-37-39(26-31)44-38-22-12-11-21-36(38)43(37)33-19-9-6-10-20-33/h3-27H,1-2H3/b4-3-,28-14+. The highest BCUT2D eigenvalue weighted by molar-refractivity contribution is 5.88. The van der Waals surface area contributed by atoms with Crippen molar-refractivity contribution in [3.8, 4) is 45.1 Å². The Morgan fingerprint density at radius 1 is 0.591 bits per heavy atom. The van der Waals surface area contributed by atoms with E-state index >= 15 is 0 Å². The summed E-state index contributed by atoms with van der Waals surface area (Å²) in [4.78, 5) is 12.2. The zero-order chi connectivity index (χ0) is 29.9. The minimum Gasteiger partial charge on any atom is -0.453 e. The summed E-state index contributed by atoms with van der Waals surface area (Å²) in [5.41, 5.74) is 10.1. The maximum atomic E-state index is 6.47. The molecule has 0 fully saturated rings. The second-order valence-corrected chi connectivity index (χ2v) is 10.7. The number of ether oxygens (including phenoxy) is 1. The second-order valence-electron chi connectivity index (χ2n) is 10.7. The molecular formula is C40H31N3O. The Morgan fingerprint density at radius 3 is 2.02 bits per heavy atom. The van der Waals surface area contributed by atoms with Crippen LogP contribution in [0.25, 0.3) is 39.2 Å². The van der Waals surface area contributed by atoms with Crippen LogP contribution in [0, 0.1) is 0 Å². The Hall–Kier alpha value is -5.74. The molecule has 44 heavy (non-hydrogen) atoms. The van der Waals surface area contributed by atoms with Crippen LogP contribution in [-0.2, 0) is 0 Å². The van der Waals surface area contributed by atoms with Gasteiger partial charge in [0, 0.05) is 16.8 Å². The Labute approximate surface area is 258 Å². The van der Waals surface area contributed by atoms with Crippen molar-refractivity contribution in [1.82, 2.24) is 9.97 Å². The fourth-order valence-electron chi connectivity index (χ4n) is 5.49. The quantitative estimate of drug-likeness (QED) is 0.187. The molecule has 4 heteroatoms. The van der Waals surface area contributed by atoms with Gasteiger partial charge < -0.3 is 9.64 Å². The van der Waals surface area contributed by atoms with E-state index in [9.17, 15) is 0 Å². The third kappa shape index (κ3) is 5.30. The number of benzene rings is 5. The Kier molecular flexibility index (Phi) is 7.31. The van der Waals surface area contributed by atoms with Gasteiger partial charge in [-0.25, -0.2) is 9.97 Å². The van der Waals surface area contributed by atoms with Crippen LogP contribution in [-0.4, -0.2) is 9.97 Å². The van der Waals surface area contributed by atoms with Gasteiger partial charge in [-0.2, -0.15) is 0 Å². The van der Waals surface area contributed by atoms with Crippen LogP contribution < -0.4 is 9.64 Å². The topological polar surface area (TPSA) is 38.2 Å². The monoisotopic (exact) mass is 569 g/mol. The van der Waals surface area contributed by atoms with Crippen molar-refractivity contribution in [3.05, 3.63) is 158 Å². The van der Waals surface area contributed by atoms with Crippen LogP contribution >= 0.6 is 0 Å². The Balaban J connectivity index is 1.30. The lowest BCUT2D eigenvalue weighted by Gasteiger charge is -2.33. The largest absolute Gasteiger partial charge is 0.453 e. The molecule has 6 aromatic rings. The number of anilines is 3. The first-order valence-corrected chi connectivity index (χ1v) is 14.8. The molecule has 212 valence electrons. The van der Waals surface area contributed by atoms with Crippen molar-refractivity contribution in [2.45, 2.75) is 13.8 Å². The highest BCUT2D eigenvalue weighted by Crippen LogP contribution is 2.51. The van der Waals surface area contributed by atoms with Crippen molar-refractivity contribution in [2.75, 3.05) is 4.90 Å². The zero-order valence-electron chi connectivity index (χ0n) is 24.7. The third-order valence-corrected chi connectivity index (χ3v) is 7.72. The summed E-state index contributed by atoms with van der Waals surface area (Å²) < 4.78 is 6.47. The lowest BCUT2D eigenvalue weighted by atomic mass is 9.99. The van der Waals surface area contributed by atoms with Crippen LogP contribution in [0.15, 0.2) is 152 Å². The number of nitrogens with zero attached hydrogens (tertiary/aromatic N) is 3. The van der Waals surface area contributed by atoms with E-state index in [2.05, 4.69) is 95.9 Å². The van der Waals surface area contributed by atoms with Crippen molar-refractivity contribution in [3.63, 3.8) is 0 Å². The number of hydrogen-bond acceptors (Lipinski definition) is 4. The van der Waals surface area contributed by atoms with E-state index in [1.54, 1.807) is 0 Å². The van der Waals surface area contributed by atoms with Gasteiger partial charge in [-0.1, -0.05) is 103 Å². The van der Waals surface area contributed by atoms with Gasteiger partial charge in [-0.3, -0.25) is 0 Å². The summed E-state index contributed by atoms with van der Waals surface area (Å²) in [6, 6.07) is 45.9. The Morgan fingerprint density at radius 2 is 1.23 bits per heavy atom. The SMILES string of the molecule is C/C=C\C=C(/C)c1nc(-c2ccccc2)cc(-c2cccc(-c3ccc4c(c3)Oc3ccccc3N4c3ccccc3)c2)n1. The number of allylic oxidation sites excluding steroid dienone is 4. The maximum absolute atomic E-state index is 6.47. The molecule has 2 heterocycles. The first-order valence-electron chi connectivity index (χ1n) is 14.8. The molecule has 0 amide bonds. The molecule has 0 atom stereocenters. The molecule has 0 bridgehead atoms. The zero-order valence-corrected chi connectivity index (χ0v) is 24.7. The Bertz CT molecular complexity index is 2010. The molecule has 0 spiro atoms. The average molecular weight is 570 g/mol. The van der Waals surface area contributed by atoms with Crippen molar-refractivity contribution >= 4 is 22.6 Å². The van der Waals surface area contributed by atoms with Gasteiger partial charge in [0.05, 0.1) is 22.8 Å². The van der Waals surface area contributed by atoms with Crippen LogP contribution in [0.1, 0.15) is 19.7 Å². The van der Waals surface area contributed by atoms with Gasteiger partial charge in [0.1, 0.15) is 0 Å². The van der Waals surface area contributed by atoms with Crippen molar-refractivity contribution in [2.24, 2.45) is 0 Å². The number of rotatable bonds is 6. The molecule has 1 aliphatic heterocycles. The van der Waals surface area contributed by atoms with Gasteiger partial charge in [0.25, 0.3) is 0 Å². The second kappa shape index (κ2) is 11.9. The van der Waals surface area contributed by atoms with Crippen molar-refractivity contribution < 1.29 is 4.74 Å². The fraction of sp³-hybridized carbons (Fsp3) is 0.0500. The molecule has 1 aliphatic rings. The number of para-hydroxylation sites is 3. The van der Waals surface area contributed by atoms with Gasteiger partial charge >= 0.3 is 0 Å². The van der Waals surface area contributed by atoms with E-state index in [0.29, 0.717) is 5.82 Å². The van der Waals surface area contributed by atoms with E-state index < -0.39 is 0 Å². The van der Waals surface area contributed by atoms with Crippen LogP contribution in [0.2, 0.25) is 0 Å². The summed E-state index contributed by atoms with van der Waals surface area (Å²) in [5.74, 6) is 2.36. The lowest BCUT2D eigenvalue weighted by Crippen LogP contribution is -2.15. The maximum Gasteiger partial charge on any atom is 0.156 e. The highest BCUT2D eigenvalue weighted by atomic mass is 16.5. The molecule has 0 aliphatic carbocycles. The normalized spacial score (nSPS) is 12.5. The first kappa shape index (κ1) is 27.1. The number of hydrogen-bond donors (Lipinski definition) is 0. The first-order chi connectivity index (χ1) is 21.7. The summed E-state index contributed by atoms with van der Waals surface area (Å²) >= 11 is 0. The van der Waals surface area contributed by atoms with E-state index in [1.807, 2.05) is 74.5 Å². The van der Waals surface area contributed by atoms with Gasteiger partial charge in [-0.15, -0.1) is 0 Å². The van der Waals surface area contributed by atoms with Crippen molar-refractivity contribution in [1.29, 1.82) is 0 Å². The van der Waals surface area contributed by atoms with Gasteiger partial charge in [0.15, 0.2) is 17.3 Å². The van der Waals surface area contributed by atoms with Gasteiger partial charge in [0.2, 0.25) is 0 Å². The molecule has 0 saturated carbocycles. The molecule has 7 rings (SSSR count). The lowest BCUT2D eigenvalue weighted by molar-refractivity contribution is 0.477. The molecule has 1 aromatic heterocycles. The van der Waals surface area contributed by atoms with Gasteiger partial charge in [-0.05, 0) is 79.1 Å². The molecule has 0 radical (unpaired) electrons. The minimum absolute atomic E-state index is 0.715. The van der Waals surface area contributed by atoms with E-state index in [4.69, 9.17) is 14.7 Å². The summed E-state index contributed by atoms with van der Waals surface area (Å²) in [5, 5.41) is 0. The average Bonchev–Trinajstić information content (AvgIpc) is 3.10. The predicted octanol–water partition coefficient (Wildman–Crippen LogP) is 11.0. The van der Waals surface area contributed by atoms with E-state index in [0.717, 1.165) is 67.8 Å². The van der Waals surface area contributed by atoms with Crippen LogP contribution in [0.3, 0.4) is 0 Å².